The Morgan fingerprint density at radius 2 is 2.10 bits per heavy atom. The number of rotatable bonds is 2. The second-order valence-electron chi connectivity index (χ2n) is 5.63. The number of hydrogen-bond acceptors (Lipinski definition) is 3. The van der Waals surface area contributed by atoms with Gasteiger partial charge in [0.25, 0.3) is 0 Å². The molecule has 0 saturated carbocycles. The molecule has 3 rings (SSSR count). The maximum absolute atomic E-state index is 12.2. The number of aliphatic hydroxyl groups excluding tert-OH is 1. The smallest absolute Gasteiger partial charge is 0.225 e. The Morgan fingerprint density at radius 3 is 2.80 bits per heavy atom. The molecule has 5 heteroatoms. The molecule has 2 N–H and O–H groups in total. The van der Waals surface area contributed by atoms with E-state index in [9.17, 15) is 14.7 Å². The SMILES string of the molecule is CN1CC(C(=O)N[C@@H]2c3ccccc3C[C@@H]2O)CC1=O. The van der Waals surface area contributed by atoms with Crippen LogP contribution in [0.25, 0.3) is 0 Å². The van der Waals surface area contributed by atoms with E-state index in [4.69, 9.17) is 0 Å². The Labute approximate surface area is 117 Å². The van der Waals surface area contributed by atoms with Crippen LogP contribution in [0.2, 0.25) is 0 Å². The molecule has 1 aromatic rings. The highest BCUT2D eigenvalue weighted by Gasteiger charge is 2.37. The summed E-state index contributed by atoms with van der Waals surface area (Å²) >= 11 is 0. The summed E-state index contributed by atoms with van der Waals surface area (Å²) in [6, 6.07) is 7.38. The van der Waals surface area contributed by atoms with Gasteiger partial charge in [-0.25, -0.2) is 0 Å². The first-order chi connectivity index (χ1) is 9.56. The normalized spacial score (nSPS) is 28.6. The lowest BCUT2D eigenvalue weighted by atomic mass is 10.0. The van der Waals surface area contributed by atoms with E-state index in [1.165, 1.54) is 0 Å². The molecule has 106 valence electrons. The summed E-state index contributed by atoms with van der Waals surface area (Å²) in [5.74, 6) is -0.464. The fourth-order valence-electron chi connectivity index (χ4n) is 3.06. The van der Waals surface area contributed by atoms with Crippen LogP contribution in [-0.2, 0) is 16.0 Å². The Hall–Kier alpha value is -1.88. The molecule has 20 heavy (non-hydrogen) atoms. The molecule has 2 amide bonds. The number of nitrogens with zero attached hydrogens (tertiary/aromatic N) is 1. The van der Waals surface area contributed by atoms with Crippen LogP contribution in [0, 0.1) is 5.92 Å². The summed E-state index contributed by atoms with van der Waals surface area (Å²) in [6.07, 6.45) is 0.225. The molecule has 1 heterocycles. The van der Waals surface area contributed by atoms with Gasteiger partial charge in [-0.15, -0.1) is 0 Å². The third-order valence-corrected chi connectivity index (χ3v) is 4.21. The lowest BCUT2D eigenvalue weighted by molar-refractivity contribution is -0.128. The van der Waals surface area contributed by atoms with Crippen molar-refractivity contribution < 1.29 is 14.7 Å². The number of carbonyl (C=O) groups excluding carboxylic acids is 2. The summed E-state index contributed by atoms with van der Waals surface area (Å²) in [4.78, 5) is 25.3. The van der Waals surface area contributed by atoms with Crippen LogP contribution in [0.15, 0.2) is 24.3 Å². The first-order valence-corrected chi connectivity index (χ1v) is 6.86. The lowest BCUT2D eigenvalue weighted by Gasteiger charge is -2.20. The van der Waals surface area contributed by atoms with Crippen molar-refractivity contribution in [3.8, 4) is 0 Å². The third kappa shape index (κ3) is 2.18. The van der Waals surface area contributed by atoms with Crippen LogP contribution in [-0.4, -0.2) is 41.5 Å². The fourth-order valence-corrected chi connectivity index (χ4v) is 3.06. The Morgan fingerprint density at radius 1 is 1.35 bits per heavy atom. The van der Waals surface area contributed by atoms with E-state index in [-0.39, 0.29) is 30.2 Å². The first kappa shape index (κ1) is 13.1. The quantitative estimate of drug-likeness (QED) is 0.811. The van der Waals surface area contributed by atoms with Gasteiger partial charge in [0.1, 0.15) is 0 Å². The van der Waals surface area contributed by atoms with Gasteiger partial charge in [-0.1, -0.05) is 24.3 Å². The van der Waals surface area contributed by atoms with Crippen molar-refractivity contribution in [2.75, 3.05) is 13.6 Å². The van der Waals surface area contributed by atoms with Gasteiger partial charge in [0.15, 0.2) is 0 Å². The second-order valence-corrected chi connectivity index (χ2v) is 5.63. The summed E-state index contributed by atoms with van der Waals surface area (Å²) in [7, 11) is 1.70. The minimum absolute atomic E-state index is 0.00230. The molecule has 0 bridgehead atoms. The van der Waals surface area contributed by atoms with Gasteiger partial charge in [0, 0.05) is 26.4 Å². The van der Waals surface area contributed by atoms with Crippen molar-refractivity contribution in [2.24, 2.45) is 5.92 Å². The van der Waals surface area contributed by atoms with Gasteiger partial charge >= 0.3 is 0 Å². The average molecular weight is 274 g/mol. The molecule has 0 radical (unpaired) electrons. The van der Waals surface area contributed by atoms with Crippen molar-refractivity contribution in [3.63, 3.8) is 0 Å². The summed E-state index contributed by atoms with van der Waals surface area (Å²) in [6.45, 7) is 0.454. The van der Waals surface area contributed by atoms with Crippen molar-refractivity contribution in [2.45, 2.75) is 25.0 Å². The molecule has 1 aromatic carbocycles. The standard InChI is InChI=1S/C15H18N2O3/c1-17-8-10(7-13(17)19)15(20)16-14-11-5-3-2-4-9(11)6-12(14)18/h2-5,10,12,14,18H,6-8H2,1H3,(H,16,20)/t10?,12-,14+/m0/s1. The van der Waals surface area contributed by atoms with Crippen LogP contribution in [0.5, 0.6) is 0 Å². The topological polar surface area (TPSA) is 69.6 Å². The number of amides is 2. The van der Waals surface area contributed by atoms with E-state index in [0.29, 0.717) is 13.0 Å². The van der Waals surface area contributed by atoms with Crippen LogP contribution in [0.3, 0.4) is 0 Å². The minimum Gasteiger partial charge on any atom is -0.390 e. The molecular formula is C15H18N2O3. The van der Waals surface area contributed by atoms with Crippen LogP contribution >= 0.6 is 0 Å². The van der Waals surface area contributed by atoms with Gasteiger partial charge in [0.05, 0.1) is 18.1 Å². The number of likely N-dealkylation sites (tertiary alicyclic amines) is 1. The number of hydrogen-bond donors (Lipinski definition) is 2. The van der Waals surface area contributed by atoms with E-state index in [1.807, 2.05) is 24.3 Å². The Balaban J connectivity index is 1.72. The molecule has 1 unspecified atom stereocenters. The number of aliphatic hydroxyl groups is 1. The molecule has 1 saturated heterocycles. The van der Waals surface area contributed by atoms with Crippen molar-refractivity contribution >= 4 is 11.8 Å². The number of nitrogens with one attached hydrogen (secondary N) is 1. The van der Waals surface area contributed by atoms with Crippen molar-refractivity contribution in [1.29, 1.82) is 0 Å². The van der Waals surface area contributed by atoms with Gasteiger partial charge in [-0.2, -0.15) is 0 Å². The molecular weight excluding hydrogens is 256 g/mol. The summed E-state index contributed by atoms with van der Waals surface area (Å²) < 4.78 is 0. The van der Waals surface area contributed by atoms with Gasteiger partial charge in [0.2, 0.25) is 11.8 Å². The molecule has 1 aliphatic carbocycles. The Kier molecular flexibility index (Phi) is 3.22. The average Bonchev–Trinajstić information content (AvgIpc) is 2.91. The van der Waals surface area contributed by atoms with Crippen LogP contribution < -0.4 is 5.32 Å². The van der Waals surface area contributed by atoms with Gasteiger partial charge < -0.3 is 15.3 Å². The lowest BCUT2D eigenvalue weighted by Crippen LogP contribution is -2.38. The van der Waals surface area contributed by atoms with E-state index >= 15 is 0 Å². The monoisotopic (exact) mass is 274 g/mol. The molecule has 1 aliphatic heterocycles. The molecule has 3 atom stereocenters. The molecule has 0 spiro atoms. The second kappa shape index (κ2) is 4.90. The van der Waals surface area contributed by atoms with E-state index in [0.717, 1.165) is 11.1 Å². The molecule has 0 aromatic heterocycles. The number of carbonyl (C=O) groups is 2. The van der Waals surface area contributed by atoms with E-state index in [2.05, 4.69) is 5.32 Å². The molecule has 1 fully saturated rings. The van der Waals surface area contributed by atoms with Crippen LogP contribution in [0.4, 0.5) is 0 Å². The van der Waals surface area contributed by atoms with Gasteiger partial charge in [-0.05, 0) is 11.1 Å². The zero-order chi connectivity index (χ0) is 14.3. The van der Waals surface area contributed by atoms with E-state index < -0.39 is 6.10 Å². The highest BCUT2D eigenvalue weighted by molar-refractivity contribution is 5.89. The minimum atomic E-state index is -0.591. The molecule has 5 nitrogen and oxygen atoms in total. The molecule has 2 aliphatic rings. The third-order valence-electron chi connectivity index (χ3n) is 4.21. The van der Waals surface area contributed by atoms with Crippen LogP contribution in [0.1, 0.15) is 23.6 Å². The fraction of sp³-hybridized carbons (Fsp3) is 0.467. The predicted molar refractivity (Wildman–Crippen MR) is 72.8 cm³/mol. The number of fused-ring (bicyclic) bond motifs is 1. The summed E-state index contributed by atoms with van der Waals surface area (Å²) in [5, 5.41) is 13.0. The first-order valence-electron chi connectivity index (χ1n) is 6.86. The highest BCUT2D eigenvalue weighted by atomic mass is 16.3. The zero-order valence-electron chi connectivity index (χ0n) is 11.4. The predicted octanol–water partition coefficient (Wildman–Crippen LogP) is 0.239. The summed E-state index contributed by atoms with van der Waals surface area (Å²) in [5.41, 5.74) is 2.05. The van der Waals surface area contributed by atoms with Crippen molar-refractivity contribution in [3.05, 3.63) is 35.4 Å². The largest absolute Gasteiger partial charge is 0.390 e. The highest BCUT2D eigenvalue weighted by Crippen LogP contribution is 2.31. The van der Waals surface area contributed by atoms with Crippen molar-refractivity contribution in [1.82, 2.24) is 10.2 Å². The van der Waals surface area contributed by atoms with E-state index in [1.54, 1.807) is 11.9 Å². The maximum Gasteiger partial charge on any atom is 0.225 e. The Bertz CT molecular complexity index is 558. The zero-order valence-corrected chi connectivity index (χ0v) is 11.4. The maximum atomic E-state index is 12.2. The number of benzene rings is 1. The van der Waals surface area contributed by atoms with Gasteiger partial charge in [-0.3, -0.25) is 9.59 Å².